The second kappa shape index (κ2) is 15.2. The first-order valence-corrected chi connectivity index (χ1v) is 28.5. The van der Waals surface area contributed by atoms with Crippen LogP contribution in [0.2, 0.25) is 0 Å². The number of carbonyl (C=O) groups is 1. The van der Waals surface area contributed by atoms with Crippen molar-refractivity contribution in [2.75, 3.05) is 0 Å². The maximum atomic E-state index is 14.6. The van der Waals surface area contributed by atoms with Crippen molar-refractivity contribution in [2.45, 2.75) is 103 Å². The van der Waals surface area contributed by atoms with E-state index in [2.05, 4.69) is 202 Å². The third kappa shape index (κ3) is 5.55. The summed E-state index contributed by atoms with van der Waals surface area (Å²) in [5, 5.41) is 21.3. The number of ketones is 1. The van der Waals surface area contributed by atoms with Crippen molar-refractivity contribution in [1.82, 2.24) is 8.80 Å². The molecule has 0 atom stereocenters. The zero-order valence-corrected chi connectivity index (χ0v) is 44.5. The van der Waals surface area contributed by atoms with Gasteiger partial charge in [-0.15, -0.1) is 0 Å². The van der Waals surface area contributed by atoms with E-state index in [9.17, 15) is 10.1 Å². The minimum Gasteiger partial charge on any atom is -0.308 e. The molecule has 9 aromatic carbocycles. The van der Waals surface area contributed by atoms with Gasteiger partial charge >= 0.3 is 0 Å². The fraction of sp³-hybridized carbons (Fsp3) is 0.233. The van der Waals surface area contributed by atoms with Crippen molar-refractivity contribution >= 4 is 82.0 Å². The first-order valence-electron chi connectivity index (χ1n) is 28.5. The molecule has 0 unspecified atom stereocenters. The minimum absolute atomic E-state index is 0.00613. The van der Waals surface area contributed by atoms with Gasteiger partial charge in [-0.3, -0.25) is 4.79 Å². The van der Waals surface area contributed by atoms with E-state index in [1.54, 1.807) is 0 Å². The predicted octanol–water partition coefficient (Wildman–Crippen LogP) is 19.0. The molecule has 4 heterocycles. The number of fused-ring (bicyclic) bond motifs is 14. The maximum Gasteiger partial charge on any atom is 0.166 e. The van der Waals surface area contributed by atoms with Gasteiger partial charge in [0, 0.05) is 66.4 Å². The molecule has 4 nitrogen and oxygen atoms in total. The normalized spacial score (nSPS) is 18.7. The van der Waals surface area contributed by atoms with E-state index < -0.39 is 0 Å². The van der Waals surface area contributed by atoms with Gasteiger partial charge in [-0.1, -0.05) is 133 Å². The van der Waals surface area contributed by atoms with Crippen LogP contribution in [0.3, 0.4) is 0 Å². The highest BCUT2D eigenvalue weighted by Crippen LogP contribution is 2.60. The summed E-state index contributed by atoms with van der Waals surface area (Å²) < 4.78 is 5.07. The minimum atomic E-state index is -0.0242. The monoisotopic (exact) mass is 991 g/mol. The molecule has 4 aromatic heterocycles. The van der Waals surface area contributed by atoms with Gasteiger partial charge < -0.3 is 8.80 Å². The van der Waals surface area contributed by atoms with E-state index in [1.165, 1.54) is 132 Å². The lowest BCUT2D eigenvalue weighted by Crippen LogP contribution is -2.28. The Morgan fingerprint density at radius 1 is 0.455 bits per heavy atom. The fourth-order valence-corrected chi connectivity index (χ4v) is 16.2. The van der Waals surface area contributed by atoms with Crippen LogP contribution in [-0.4, -0.2) is 14.6 Å². The molecular formula is C73H57N3O. The van der Waals surface area contributed by atoms with Crippen LogP contribution in [0.25, 0.3) is 98.4 Å². The van der Waals surface area contributed by atoms with Crippen molar-refractivity contribution in [3.8, 4) is 28.3 Å². The number of nitriles is 1. The van der Waals surface area contributed by atoms with Crippen LogP contribution in [0.5, 0.6) is 0 Å². The zero-order chi connectivity index (χ0) is 51.6. The standard InChI is InChI=1S/C73H57N3O/c1-36(2)42-24-50(37(3)4)65(51(25-42)38(5)6)44-28-57-53-31-52-40-20-22-41(23-21-40)73(77)59(52)34-63(53)75-61-32-54-56-26-43(39-14-8-7-9-15-39)27-60-69-64(76(72(56)60)62(54)33-55(61)58(29-44)71(57)75)30-45(35-74)66-67-46-16-10-12-18-48(46)68(70(66)69)49-19-13-11-17-47(49)67/h7-19,24-34,36-38,40-41,67-68H,20-23H2,1-6H3. The van der Waals surface area contributed by atoms with Crippen molar-refractivity contribution in [3.63, 3.8) is 0 Å². The van der Waals surface area contributed by atoms with E-state index >= 15 is 0 Å². The summed E-state index contributed by atoms with van der Waals surface area (Å²) in [6.07, 6.45) is 4.15. The highest BCUT2D eigenvalue weighted by atomic mass is 16.1. The van der Waals surface area contributed by atoms with Crippen LogP contribution < -0.4 is 0 Å². The topological polar surface area (TPSA) is 49.7 Å². The molecule has 0 saturated heterocycles. The average Bonchev–Trinajstić information content (AvgIpc) is 3.37. The molecular weight excluding hydrogens is 935 g/mol. The van der Waals surface area contributed by atoms with Gasteiger partial charge in [0.1, 0.15) is 0 Å². The van der Waals surface area contributed by atoms with Crippen molar-refractivity contribution in [1.29, 1.82) is 5.26 Å². The van der Waals surface area contributed by atoms with Gasteiger partial charge in [0.25, 0.3) is 0 Å². The zero-order valence-electron chi connectivity index (χ0n) is 44.5. The van der Waals surface area contributed by atoms with Crippen LogP contribution in [-0.2, 0) is 0 Å². The van der Waals surface area contributed by atoms with Crippen LogP contribution >= 0.6 is 0 Å². The van der Waals surface area contributed by atoms with Gasteiger partial charge in [0.05, 0.1) is 44.7 Å². The summed E-state index contributed by atoms with van der Waals surface area (Å²) in [4.78, 5) is 14.6. The lowest BCUT2D eigenvalue weighted by molar-refractivity contribution is 0.0898. The number of benzene rings is 9. The number of carbonyl (C=O) groups excluding carboxylic acids is 1. The number of hydrogen-bond acceptors (Lipinski definition) is 2. The van der Waals surface area contributed by atoms with Crippen LogP contribution in [0, 0.1) is 17.2 Å². The molecule has 4 bridgehead atoms. The Balaban J connectivity index is 1.05. The summed E-state index contributed by atoms with van der Waals surface area (Å²) in [7, 11) is 0. The van der Waals surface area contributed by atoms with Gasteiger partial charge in [0.15, 0.2) is 5.78 Å². The Morgan fingerprint density at radius 2 is 0.948 bits per heavy atom. The first-order chi connectivity index (χ1) is 37.6. The molecule has 0 spiro atoms. The molecule has 1 saturated carbocycles. The lowest BCUT2D eigenvalue weighted by atomic mass is 9.59. The molecule has 77 heavy (non-hydrogen) atoms. The lowest BCUT2D eigenvalue weighted by Gasteiger charge is -2.43. The highest BCUT2D eigenvalue weighted by Gasteiger charge is 2.45. The molecule has 1 fully saturated rings. The van der Waals surface area contributed by atoms with E-state index in [0.717, 1.165) is 58.9 Å². The third-order valence-corrected chi connectivity index (χ3v) is 19.7. The highest BCUT2D eigenvalue weighted by molar-refractivity contribution is 6.31. The van der Waals surface area contributed by atoms with E-state index in [1.807, 2.05) is 0 Å². The van der Waals surface area contributed by atoms with Gasteiger partial charge in [-0.25, -0.2) is 0 Å². The molecule has 6 aliphatic rings. The van der Waals surface area contributed by atoms with Crippen LogP contribution in [0.4, 0.5) is 0 Å². The first kappa shape index (κ1) is 43.9. The smallest absolute Gasteiger partial charge is 0.166 e. The second-order valence-corrected chi connectivity index (χ2v) is 24.6. The van der Waals surface area contributed by atoms with E-state index in [4.69, 9.17) is 0 Å². The summed E-state index contributed by atoms with van der Waals surface area (Å²) in [5.41, 5.74) is 26.9. The van der Waals surface area contributed by atoms with E-state index in [-0.39, 0.29) is 17.8 Å². The number of rotatable bonds is 5. The summed E-state index contributed by atoms with van der Waals surface area (Å²) in [6, 6.07) is 58.5. The Kier molecular flexibility index (Phi) is 8.69. The van der Waals surface area contributed by atoms with Gasteiger partial charge in [-0.05, 0) is 182 Å². The molecule has 6 aliphatic carbocycles. The summed E-state index contributed by atoms with van der Waals surface area (Å²) >= 11 is 0. The summed E-state index contributed by atoms with van der Waals surface area (Å²) in [5.74, 6) is 1.90. The molecule has 0 amide bonds. The van der Waals surface area contributed by atoms with Crippen molar-refractivity contribution in [2.24, 2.45) is 5.92 Å². The number of Topliss-reactive ketones (excluding diaryl/α,β-unsaturated/α-hetero) is 1. The Labute approximate surface area is 447 Å². The fourth-order valence-electron chi connectivity index (χ4n) is 16.2. The van der Waals surface area contributed by atoms with Crippen molar-refractivity contribution < 1.29 is 4.79 Å². The summed E-state index contributed by atoms with van der Waals surface area (Å²) in [6.45, 7) is 14.1. The number of aromatic nitrogens is 2. The molecule has 19 rings (SSSR count). The van der Waals surface area contributed by atoms with E-state index in [0.29, 0.717) is 29.5 Å². The molecule has 0 aliphatic heterocycles. The quantitative estimate of drug-likeness (QED) is 0.173. The predicted molar refractivity (Wildman–Crippen MR) is 317 cm³/mol. The second-order valence-electron chi connectivity index (χ2n) is 24.6. The van der Waals surface area contributed by atoms with Crippen molar-refractivity contribution in [3.05, 3.63) is 212 Å². The third-order valence-electron chi connectivity index (χ3n) is 19.7. The molecule has 13 aromatic rings. The number of nitrogens with zero attached hydrogens (tertiary/aromatic N) is 3. The van der Waals surface area contributed by atoms with Gasteiger partial charge in [-0.2, -0.15) is 5.26 Å². The van der Waals surface area contributed by atoms with Crippen LogP contribution in [0.1, 0.15) is 174 Å². The largest absolute Gasteiger partial charge is 0.308 e. The Hall–Kier alpha value is -8.26. The molecule has 0 N–H and O–H groups in total. The SMILES string of the molecule is CC(C)c1cc(C(C)C)c(-c2cc3c4cc5c(cc4n4c6cc7c8cc(-c9ccccc9)cc9c%10c%11c(c(C#N)cc%10n(c7cc6c(c2)c34)c89)C2c3ccccc3C%11c3ccccc32)C(=O)C2CCC5CC2)c(C(C)C)c1. The van der Waals surface area contributed by atoms with Crippen LogP contribution in [0.15, 0.2) is 146 Å². The Bertz CT molecular complexity index is 4750. The molecule has 4 heteroatoms. The maximum absolute atomic E-state index is 14.6. The Morgan fingerprint density at radius 3 is 1.52 bits per heavy atom. The number of hydrogen-bond donors (Lipinski definition) is 0. The molecule has 0 radical (unpaired) electrons. The van der Waals surface area contributed by atoms with Gasteiger partial charge in [0.2, 0.25) is 0 Å². The molecule has 370 valence electrons. The average molecular weight is 992 g/mol.